The summed E-state index contributed by atoms with van der Waals surface area (Å²) in [5.74, 6) is -0.603. The molecule has 1 saturated heterocycles. The molecule has 0 aromatic heterocycles. The Morgan fingerprint density at radius 1 is 1.04 bits per heavy atom. The number of benzene rings is 2. The number of primary amides is 1. The van der Waals surface area contributed by atoms with Crippen LogP contribution in [0.15, 0.2) is 48.5 Å². The minimum atomic E-state index is -0.365. The van der Waals surface area contributed by atoms with Crippen molar-refractivity contribution in [2.24, 2.45) is 11.7 Å². The number of nitrogens with zero attached hydrogens (tertiary/aromatic N) is 1. The van der Waals surface area contributed by atoms with Gasteiger partial charge in [0.1, 0.15) is 6.61 Å². The first-order valence-corrected chi connectivity index (χ1v) is 9.47. The zero-order valence-electron chi connectivity index (χ0n) is 15.4. The number of hydrogen-bond donors (Lipinski definition) is 1. The second kappa shape index (κ2) is 7.06. The molecule has 5 heteroatoms. The van der Waals surface area contributed by atoms with Gasteiger partial charge in [-0.1, -0.05) is 48.5 Å². The molecule has 2 aromatic rings. The smallest absolute Gasteiger partial charge is 0.410 e. The highest BCUT2D eigenvalue weighted by atomic mass is 16.6. The van der Waals surface area contributed by atoms with Gasteiger partial charge in [0.15, 0.2) is 0 Å². The van der Waals surface area contributed by atoms with Crippen LogP contribution in [0, 0.1) is 5.92 Å². The SMILES string of the molecule is CC1CCC(C(N)=O)CN1C(=O)OCC1c2ccccc2-c2ccccc21. The standard InChI is InChI=1S/C22H24N2O3/c1-14-10-11-15(21(23)25)12-24(14)22(26)27-13-20-18-8-4-2-6-16(18)17-7-3-5-9-19(17)20/h2-9,14-15,20H,10-13H2,1H3,(H2,23,25). The number of nitrogens with two attached hydrogens (primary N) is 1. The third kappa shape index (κ3) is 3.18. The zero-order valence-corrected chi connectivity index (χ0v) is 15.4. The van der Waals surface area contributed by atoms with E-state index in [9.17, 15) is 9.59 Å². The van der Waals surface area contributed by atoms with Crippen molar-refractivity contribution >= 4 is 12.0 Å². The molecular formula is C22H24N2O3. The fourth-order valence-corrected chi connectivity index (χ4v) is 4.27. The second-order valence-electron chi connectivity index (χ2n) is 7.48. The average Bonchev–Trinajstić information content (AvgIpc) is 3.00. The molecule has 0 bridgehead atoms. The van der Waals surface area contributed by atoms with Crippen molar-refractivity contribution in [3.05, 3.63) is 59.7 Å². The van der Waals surface area contributed by atoms with E-state index in [1.165, 1.54) is 22.3 Å². The van der Waals surface area contributed by atoms with E-state index in [1.807, 2.05) is 31.2 Å². The summed E-state index contributed by atoms with van der Waals surface area (Å²) in [6.07, 6.45) is 1.12. The largest absolute Gasteiger partial charge is 0.448 e. The zero-order chi connectivity index (χ0) is 19.0. The topological polar surface area (TPSA) is 72.6 Å². The Kier molecular flexibility index (Phi) is 4.60. The van der Waals surface area contributed by atoms with Gasteiger partial charge in [0.2, 0.25) is 5.91 Å². The van der Waals surface area contributed by atoms with Crippen LogP contribution in [0.5, 0.6) is 0 Å². The van der Waals surface area contributed by atoms with Crippen LogP contribution in [0.2, 0.25) is 0 Å². The van der Waals surface area contributed by atoms with Crippen LogP contribution in [0.25, 0.3) is 11.1 Å². The van der Waals surface area contributed by atoms with Gasteiger partial charge in [-0.2, -0.15) is 0 Å². The first-order chi connectivity index (χ1) is 13.1. The van der Waals surface area contributed by atoms with Crippen molar-refractivity contribution in [1.82, 2.24) is 4.90 Å². The molecule has 1 heterocycles. The molecule has 4 rings (SSSR count). The molecule has 2 atom stereocenters. The van der Waals surface area contributed by atoms with Gasteiger partial charge in [-0.3, -0.25) is 4.79 Å². The van der Waals surface area contributed by atoms with Crippen LogP contribution in [-0.4, -0.2) is 36.1 Å². The van der Waals surface area contributed by atoms with Crippen LogP contribution >= 0.6 is 0 Å². The summed E-state index contributed by atoms with van der Waals surface area (Å²) in [4.78, 5) is 25.9. The summed E-state index contributed by atoms with van der Waals surface area (Å²) in [6.45, 7) is 2.61. The highest BCUT2D eigenvalue weighted by molar-refractivity contribution is 5.80. The number of ether oxygens (including phenoxy) is 1. The van der Waals surface area contributed by atoms with Crippen molar-refractivity contribution in [1.29, 1.82) is 0 Å². The third-order valence-electron chi connectivity index (χ3n) is 5.85. The predicted molar refractivity (Wildman–Crippen MR) is 103 cm³/mol. The Labute approximate surface area is 159 Å². The lowest BCUT2D eigenvalue weighted by Gasteiger charge is -2.36. The molecule has 2 aliphatic rings. The van der Waals surface area contributed by atoms with Gasteiger partial charge < -0.3 is 15.4 Å². The molecule has 140 valence electrons. The van der Waals surface area contributed by atoms with Gasteiger partial charge in [-0.05, 0) is 42.0 Å². The van der Waals surface area contributed by atoms with E-state index in [0.717, 1.165) is 12.8 Å². The predicted octanol–water partition coefficient (Wildman–Crippen LogP) is 3.52. The van der Waals surface area contributed by atoms with Crippen molar-refractivity contribution < 1.29 is 14.3 Å². The van der Waals surface area contributed by atoms with Crippen LogP contribution in [0.3, 0.4) is 0 Å². The van der Waals surface area contributed by atoms with Crippen molar-refractivity contribution in [3.63, 3.8) is 0 Å². The maximum atomic E-state index is 12.7. The Balaban J connectivity index is 1.50. The first kappa shape index (κ1) is 17.6. The summed E-state index contributed by atoms with van der Waals surface area (Å²) in [7, 11) is 0. The molecule has 0 spiro atoms. The minimum absolute atomic E-state index is 0.0355. The highest BCUT2D eigenvalue weighted by Crippen LogP contribution is 2.44. The summed E-state index contributed by atoms with van der Waals surface area (Å²) < 4.78 is 5.71. The second-order valence-corrected chi connectivity index (χ2v) is 7.48. The van der Waals surface area contributed by atoms with E-state index in [0.29, 0.717) is 6.54 Å². The summed E-state index contributed by atoms with van der Waals surface area (Å²) in [5.41, 5.74) is 10.2. The Bertz CT molecular complexity index is 834. The first-order valence-electron chi connectivity index (χ1n) is 9.47. The van der Waals surface area contributed by atoms with Crippen molar-refractivity contribution in [3.8, 4) is 11.1 Å². The fourth-order valence-electron chi connectivity index (χ4n) is 4.27. The van der Waals surface area contributed by atoms with Gasteiger partial charge in [0.25, 0.3) is 0 Å². The minimum Gasteiger partial charge on any atom is -0.448 e. The van der Waals surface area contributed by atoms with Gasteiger partial charge in [-0.25, -0.2) is 4.79 Å². The molecule has 1 fully saturated rings. The Morgan fingerprint density at radius 2 is 1.63 bits per heavy atom. The fraction of sp³-hybridized carbons (Fsp3) is 0.364. The number of likely N-dealkylation sites (tertiary alicyclic amines) is 1. The van der Waals surface area contributed by atoms with Crippen LogP contribution in [-0.2, 0) is 9.53 Å². The van der Waals surface area contributed by atoms with E-state index in [1.54, 1.807) is 4.90 Å². The third-order valence-corrected chi connectivity index (χ3v) is 5.85. The number of rotatable bonds is 3. The van der Waals surface area contributed by atoms with Crippen LogP contribution < -0.4 is 5.73 Å². The average molecular weight is 364 g/mol. The Hall–Kier alpha value is -2.82. The van der Waals surface area contributed by atoms with Gasteiger partial charge in [0, 0.05) is 18.5 Å². The van der Waals surface area contributed by atoms with Crippen molar-refractivity contribution in [2.45, 2.75) is 31.7 Å². The number of carbonyl (C=O) groups excluding carboxylic acids is 2. The maximum absolute atomic E-state index is 12.7. The van der Waals surface area contributed by atoms with Crippen LogP contribution in [0.1, 0.15) is 36.8 Å². The summed E-state index contributed by atoms with van der Waals surface area (Å²) >= 11 is 0. The molecule has 0 saturated carbocycles. The Morgan fingerprint density at radius 3 is 2.22 bits per heavy atom. The molecule has 1 aliphatic heterocycles. The number of carbonyl (C=O) groups is 2. The lowest BCUT2D eigenvalue weighted by molar-refractivity contribution is -0.123. The lowest BCUT2D eigenvalue weighted by atomic mass is 9.93. The molecule has 1 aliphatic carbocycles. The normalized spacial score (nSPS) is 21.4. The monoisotopic (exact) mass is 364 g/mol. The molecule has 2 aromatic carbocycles. The number of amides is 2. The molecule has 2 unspecified atom stereocenters. The van der Waals surface area contributed by atoms with Crippen LogP contribution in [0.4, 0.5) is 4.79 Å². The quantitative estimate of drug-likeness (QED) is 0.906. The highest BCUT2D eigenvalue weighted by Gasteiger charge is 2.34. The molecule has 0 radical (unpaired) electrons. The molecule has 27 heavy (non-hydrogen) atoms. The lowest BCUT2D eigenvalue weighted by Crippen LogP contribution is -2.49. The van der Waals surface area contributed by atoms with Crippen molar-refractivity contribution in [2.75, 3.05) is 13.2 Å². The molecule has 2 amide bonds. The number of fused-ring (bicyclic) bond motifs is 3. The van der Waals surface area contributed by atoms with E-state index in [-0.39, 0.29) is 36.5 Å². The van der Waals surface area contributed by atoms with Gasteiger partial charge in [-0.15, -0.1) is 0 Å². The van der Waals surface area contributed by atoms with E-state index in [4.69, 9.17) is 10.5 Å². The summed E-state index contributed by atoms with van der Waals surface area (Å²) in [5, 5.41) is 0. The number of piperidine rings is 1. The molecule has 2 N–H and O–H groups in total. The maximum Gasteiger partial charge on any atom is 0.410 e. The molecule has 5 nitrogen and oxygen atoms in total. The van der Waals surface area contributed by atoms with Gasteiger partial charge in [0.05, 0.1) is 5.92 Å². The van der Waals surface area contributed by atoms with E-state index in [2.05, 4.69) is 24.3 Å². The van der Waals surface area contributed by atoms with E-state index < -0.39 is 0 Å². The summed E-state index contributed by atoms with van der Waals surface area (Å²) in [6, 6.07) is 16.6. The number of hydrogen-bond acceptors (Lipinski definition) is 3. The molecular weight excluding hydrogens is 340 g/mol. The van der Waals surface area contributed by atoms with E-state index >= 15 is 0 Å². The van der Waals surface area contributed by atoms with Gasteiger partial charge >= 0.3 is 6.09 Å².